The van der Waals surface area contributed by atoms with Crippen molar-refractivity contribution in [3.8, 4) is 0 Å². The van der Waals surface area contributed by atoms with Crippen molar-refractivity contribution in [1.82, 2.24) is 0 Å². The van der Waals surface area contributed by atoms with Crippen LogP contribution in [0.5, 0.6) is 0 Å². The summed E-state index contributed by atoms with van der Waals surface area (Å²) in [6.45, 7) is 5.95. The molecule has 1 N–H and O–H groups in total. The highest BCUT2D eigenvalue weighted by molar-refractivity contribution is 5.35. The molecule has 21 heavy (non-hydrogen) atoms. The summed E-state index contributed by atoms with van der Waals surface area (Å²) in [5.41, 5.74) is 2.73. The summed E-state index contributed by atoms with van der Waals surface area (Å²) in [6.07, 6.45) is -1.61. The molecule has 0 spiro atoms. The van der Waals surface area contributed by atoms with Crippen LogP contribution in [-0.4, -0.2) is 11.7 Å². The van der Waals surface area contributed by atoms with Gasteiger partial charge in [-0.2, -0.15) is 0 Å². The lowest BCUT2D eigenvalue weighted by molar-refractivity contribution is -0.0378. The number of hydrogen-bond donors (Lipinski definition) is 1. The highest BCUT2D eigenvalue weighted by Crippen LogP contribution is 2.35. The molecule has 0 saturated carbocycles. The third kappa shape index (κ3) is 3.49. The highest BCUT2D eigenvalue weighted by Gasteiger charge is 2.27. The predicted octanol–water partition coefficient (Wildman–Crippen LogP) is 4.25. The topological polar surface area (TPSA) is 29.5 Å². The molecular weight excluding hydrogens is 267 g/mol. The Kier molecular flexibility index (Phi) is 5.10. The van der Waals surface area contributed by atoms with E-state index in [-0.39, 0.29) is 5.82 Å². The van der Waals surface area contributed by atoms with Crippen molar-refractivity contribution in [3.63, 3.8) is 0 Å². The Morgan fingerprint density at radius 2 is 1.81 bits per heavy atom. The van der Waals surface area contributed by atoms with Crippen LogP contribution in [0.2, 0.25) is 0 Å². The smallest absolute Gasteiger partial charge is 0.129 e. The third-order valence-corrected chi connectivity index (χ3v) is 3.54. The summed E-state index contributed by atoms with van der Waals surface area (Å²) < 4.78 is 19.9. The number of hydrogen-bond acceptors (Lipinski definition) is 2. The van der Waals surface area contributed by atoms with Crippen molar-refractivity contribution in [3.05, 3.63) is 70.5 Å². The minimum absolute atomic E-state index is 0.308. The van der Waals surface area contributed by atoms with E-state index < -0.39 is 12.2 Å². The second kappa shape index (κ2) is 6.83. The maximum Gasteiger partial charge on any atom is 0.129 e. The van der Waals surface area contributed by atoms with E-state index in [1.165, 1.54) is 6.07 Å². The molecule has 2 unspecified atom stereocenters. The Hall–Kier alpha value is -1.71. The Morgan fingerprint density at radius 3 is 2.38 bits per heavy atom. The van der Waals surface area contributed by atoms with Gasteiger partial charge in [-0.1, -0.05) is 36.4 Å². The lowest BCUT2D eigenvalue weighted by Crippen LogP contribution is -2.17. The summed E-state index contributed by atoms with van der Waals surface area (Å²) >= 11 is 0. The van der Waals surface area contributed by atoms with Gasteiger partial charge >= 0.3 is 0 Å². The SMILES string of the molecule is CCOC(c1ccccc1)C(O)c1c(C)cc(C)cc1F. The van der Waals surface area contributed by atoms with Crippen LogP contribution >= 0.6 is 0 Å². The summed E-state index contributed by atoms with van der Waals surface area (Å²) in [7, 11) is 0. The summed E-state index contributed by atoms with van der Waals surface area (Å²) in [6, 6.07) is 12.7. The molecule has 0 aliphatic rings. The van der Waals surface area contributed by atoms with Gasteiger partial charge in [0.05, 0.1) is 0 Å². The summed E-state index contributed by atoms with van der Waals surface area (Å²) in [5, 5.41) is 10.7. The van der Waals surface area contributed by atoms with E-state index in [0.29, 0.717) is 12.2 Å². The van der Waals surface area contributed by atoms with E-state index in [9.17, 15) is 9.50 Å². The maximum atomic E-state index is 14.3. The average molecular weight is 288 g/mol. The van der Waals surface area contributed by atoms with Gasteiger partial charge in [0.1, 0.15) is 18.0 Å². The fourth-order valence-electron chi connectivity index (χ4n) is 2.64. The first-order valence-electron chi connectivity index (χ1n) is 7.15. The molecule has 0 radical (unpaired) electrons. The van der Waals surface area contributed by atoms with Crippen molar-refractivity contribution < 1.29 is 14.2 Å². The second-order valence-electron chi connectivity index (χ2n) is 5.21. The van der Waals surface area contributed by atoms with Gasteiger partial charge < -0.3 is 9.84 Å². The van der Waals surface area contributed by atoms with Crippen molar-refractivity contribution in [2.75, 3.05) is 6.61 Å². The molecule has 0 bridgehead atoms. The second-order valence-corrected chi connectivity index (χ2v) is 5.21. The van der Waals surface area contributed by atoms with Gasteiger partial charge in [-0.25, -0.2) is 4.39 Å². The quantitative estimate of drug-likeness (QED) is 0.891. The molecule has 0 fully saturated rings. The fraction of sp³-hybridized carbons (Fsp3) is 0.333. The molecule has 112 valence electrons. The average Bonchev–Trinajstić information content (AvgIpc) is 2.44. The van der Waals surface area contributed by atoms with Crippen LogP contribution < -0.4 is 0 Å². The Morgan fingerprint density at radius 1 is 1.14 bits per heavy atom. The van der Waals surface area contributed by atoms with Crippen LogP contribution in [0.15, 0.2) is 42.5 Å². The van der Waals surface area contributed by atoms with E-state index >= 15 is 0 Å². The Labute approximate surface area is 125 Å². The van der Waals surface area contributed by atoms with E-state index in [1.54, 1.807) is 0 Å². The molecule has 2 aromatic rings. The monoisotopic (exact) mass is 288 g/mol. The third-order valence-electron chi connectivity index (χ3n) is 3.54. The molecule has 0 aromatic heterocycles. The molecule has 0 heterocycles. The zero-order chi connectivity index (χ0) is 15.4. The molecule has 2 atom stereocenters. The largest absolute Gasteiger partial charge is 0.385 e. The molecule has 0 aliphatic heterocycles. The number of aryl methyl sites for hydroxylation is 2. The van der Waals surface area contributed by atoms with Gasteiger partial charge in [0.15, 0.2) is 0 Å². The number of aliphatic hydroxyl groups excluding tert-OH is 1. The molecule has 3 heteroatoms. The van der Waals surface area contributed by atoms with Crippen molar-refractivity contribution in [2.24, 2.45) is 0 Å². The molecule has 2 rings (SSSR count). The van der Waals surface area contributed by atoms with Gasteiger partial charge in [-0.05, 0) is 43.5 Å². The first kappa shape index (κ1) is 15.7. The van der Waals surface area contributed by atoms with Crippen LogP contribution in [0.4, 0.5) is 4.39 Å². The predicted molar refractivity (Wildman–Crippen MR) is 81.6 cm³/mol. The van der Waals surface area contributed by atoms with E-state index in [0.717, 1.165) is 16.7 Å². The molecule has 0 aliphatic carbocycles. The first-order chi connectivity index (χ1) is 10.0. The van der Waals surface area contributed by atoms with Crippen LogP contribution in [0.3, 0.4) is 0 Å². The van der Waals surface area contributed by atoms with Gasteiger partial charge in [0, 0.05) is 12.2 Å². The van der Waals surface area contributed by atoms with Gasteiger partial charge in [0.2, 0.25) is 0 Å². The van der Waals surface area contributed by atoms with Crippen LogP contribution in [0.1, 0.15) is 41.4 Å². The fourth-order valence-corrected chi connectivity index (χ4v) is 2.64. The number of aliphatic hydroxyl groups is 1. The van der Waals surface area contributed by atoms with Crippen molar-refractivity contribution >= 4 is 0 Å². The molecular formula is C18H21FO2. The zero-order valence-electron chi connectivity index (χ0n) is 12.6. The minimum atomic E-state index is -1.03. The summed E-state index contributed by atoms with van der Waals surface area (Å²) in [4.78, 5) is 0. The number of rotatable bonds is 5. The Balaban J connectivity index is 2.42. The van der Waals surface area contributed by atoms with E-state index in [4.69, 9.17) is 4.74 Å². The van der Waals surface area contributed by atoms with Crippen LogP contribution in [0, 0.1) is 19.7 Å². The molecule has 2 aromatic carbocycles. The maximum absolute atomic E-state index is 14.3. The van der Waals surface area contributed by atoms with Crippen molar-refractivity contribution in [1.29, 1.82) is 0 Å². The highest BCUT2D eigenvalue weighted by atomic mass is 19.1. The van der Waals surface area contributed by atoms with Gasteiger partial charge in [-0.3, -0.25) is 0 Å². The lowest BCUT2D eigenvalue weighted by Gasteiger charge is -2.25. The minimum Gasteiger partial charge on any atom is -0.385 e. The molecule has 2 nitrogen and oxygen atoms in total. The van der Waals surface area contributed by atoms with Gasteiger partial charge in [0.25, 0.3) is 0 Å². The van der Waals surface area contributed by atoms with Crippen LogP contribution in [0.25, 0.3) is 0 Å². The molecule has 0 saturated heterocycles. The number of ether oxygens (including phenoxy) is 1. The normalized spacial score (nSPS) is 14.0. The Bertz CT molecular complexity index is 572. The number of benzene rings is 2. The van der Waals surface area contributed by atoms with Crippen LogP contribution in [-0.2, 0) is 4.74 Å². The molecule has 0 amide bonds. The summed E-state index contributed by atoms with van der Waals surface area (Å²) in [5.74, 6) is -0.388. The van der Waals surface area contributed by atoms with E-state index in [1.807, 2.05) is 57.2 Å². The standard InChI is InChI=1S/C18H21FO2/c1-4-21-18(14-8-6-5-7-9-14)17(20)16-13(3)10-12(2)11-15(16)19/h5-11,17-18,20H,4H2,1-3H3. The van der Waals surface area contributed by atoms with Gasteiger partial charge in [-0.15, -0.1) is 0 Å². The number of halogens is 1. The van der Waals surface area contributed by atoms with Crippen molar-refractivity contribution in [2.45, 2.75) is 33.0 Å². The zero-order valence-corrected chi connectivity index (χ0v) is 12.6. The lowest BCUT2D eigenvalue weighted by atomic mass is 9.93. The first-order valence-corrected chi connectivity index (χ1v) is 7.15. The van der Waals surface area contributed by atoms with E-state index in [2.05, 4.69) is 0 Å².